The van der Waals surface area contributed by atoms with Gasteiger partial charge in [0, 0.05) is 25.0 Å². The van der Waals surface area contributed by atoms with Crippen LogP contribution in [-0.4, -0.2) is 49.4 Å². The molecule has 2 aromatic carbocycles. The molecule has 0 aliphatic rings. The second-order valence-corrected chi connectivity index (χ2v) is 5.97. The van der Waals surface area contributed by atoms with Gasteiger partial charge >= 0.3 is 0 Å². The van der Waals surface area contributed by atoms with Crippen molar-refractivity contribution in [2.24, 2.45) is 0 Å². The van der Waals surface area contributed by atoms with E-state index in [4.69, 9.17) is 9.47 Å². The van der Waals surface area contributed by atoms with Gasteiger partial charge in [0.1, 0.15) is 5.75 Å². The highest BCUT2D eigenvalue weighted by molar-refractivity contribution is 5.82. The van der Waals surface area contributed by atoms with Crippen molar-refractivity contribution in [2.45, 2.75) is 6.54 Å². The number of benzene rings is 2. The first-order chi connectivity index (χ1) is 12.2. The van der Waals surface area contributed by atoms with Crippen LogP contribution in [0.1, 0.15) is 5.69 Å². The summed E-state index contributed by atoms with van der Waals surface area (Å²) in [5, 5.41) is 11.8. The monoisotopic (exact) mass is 340 g/mol. The fourth-order valence-corrected chi connectivity index (χ4v) is 2.70. The Labute approximate surface area is 147 Å². The van der Waals surface area contributed by atoms with Gasteiger partial charge in [-0.3, -0.25) is 10.00 Å². The van der Waals surface area contributed by atoms with Crippen LogP contribution < -0.4 is 14.8 Å². The van der Waals surface area contributed by atoms with Gasteiger partial charge in [-0.05, 0) is 44.4 Å². The zero-order valence-corrected chi connectivity index (χ0v) is 14.9. The lowest BCUT2D eigenvalue weighted by Gasteiger charge is -2.15. The molecule has 132 valence electrons. The number of para-hydroxylation sites is 2. The second-order valence-electron chi connectivity index (χ2n) is 5.97. The third-order valence-corrected chi connectivity index (χ3v) is 4.07. The van der Waals surface area contributed by atoms with Crippen molar-refractivity contribution in [1.29, 1.82) is 0 Å². The maximum Gasteiger partial charge on any atom is 0.169 e. The molecule has 0 aliphatic carbocycles. The molecule has 0 atom stereocenters. The molecule has 25 heavy (non-hydrogen) atoms. The molecule has 0 fully saturated rings. The van der Waals surface area contributed by atoms with Crippen LogP contribution >= 0.6 is 0 Å². The first-order valence-corrected chi connectivity index (χ1v) is 8.32. The predicted molar refractivity (Wildman–Crippen MR) is 99.4 cm³/mol. The number of aromatic nitrogens is 2. The molecule has 0 bridgehead atoms. The fourth-order valence-electron chi connectivity index (χ4n) is 2.70. The van der Waals surface area contributed by atoms with Gasteiger partial charge < -0.3 is 14.8 Å². The van der Waals surface area contributed by atoms with Crippen LogP contribution in [0.25, 0.3) is 10.9 Å². The van der Waals surface area contributed by atoms with Crippen LogP contribution in [0.3, 0.4) is 0 Å². The third kappa shape index (κ3) is 4.10. The lowest BCUT2D eigenvalue weighted by molar-refractivity contribution is 0.325. The van der Waals surface area contributed by atoms with Crippen LogP contribution in [0, 0.1) is 0 Å². The zero-order chi connectivity index (χ0) is 17.6. The summed E-state index contributed by atoms with van der Waals surface area (Å²) in [4.78, 5) is 2.24. The number of rotatable bonds is 8. The maximum absolute atomic E-state index is 6.01. The topological polar surface area (TPSA) is 62.4 Å². The van der Waals surface area contributed by atoms with E-state index >= 15 is 0 Å². The van der Waals surface area contributed by atoms with Gasteiger partial charge in [-0.1, -0.05) is 12.1 Å². The summed E-state index contributed by atoms with van der Waals surface area (Å²) in [6.45, 7) is 2.68. The van der Waals surface area contributed by atoms with Crippen molar-refractivity contribution in [1.82, 2.24) is 20.4 Å². The van der Waals surface area contributed by atoms with E-state index in [1.165, 1.54) is 0 Å². The van der Waals surface area contributed by atoms with Crippen LogP contribution in [0.5, 0.6) is 17.2 Å². The normalized spacial score (nSPS) is 11.2. The van der Waals surface area contributed by atoms with E-state index < -0.39 is 0 Å². The van der Waals surface area contributed by atoms with Crippen molar-refractivity contribution < 1.29 is 9.47 Å². The summed E-state index contributed by atoms with van der Waals surface area (Å²) in [7, 11) is 5.69. The second kappa shape index (κ2) is 8.00. The Bertz CT molecular complexity index is 831. The number of nitrogens with one attached hydrogen (secondary N) is 2. The van der Waals surface area contributed by atoms with E-state index in [-0.39, 0.29) is 0 Å². The van der Waals surface area contributed by atoms with Crippen molar-refractivity contribution in [3.05, 3.63) is 48.2 Å². The van der Waals surface area contributed by atoms with Gasteiger partial charge in [0.2, 0.25) is 0 Å². The molecule has 0 aliphatic heterocycles. The molecule has 2 N–H and O–H groups in total. The molecule has 1 aromatic heterocycles. The Morgan fingerprint density at radius 1 is 1.16 bits per heavy atom. The molecule has 0 saturated heterocycles. The SMILES string of the molecule is CNCCN(C)Cc1n[nH]c2ccc(Oc3ccccc3OC)cc12. The minimum Gasteiger partial charge on any atom is -0.493 e. The summed E-state index contributed by atoms with van der Waals surface area (Å²) >= 11 is 0. The van der Waals surface area contributed by atoms with Gasteiger partial charge in [-0.2, -0.15) is 5.10 Å². The van der Waals surface area contributed by atoms with Gasteiger partial charge in [-0.25, -0.2) is 0 Å². The molecule has 0 radical (unpaired) electrons. The molecule has 0 saturated carbocycles. The van der Waals surface area contributed by atoms with E-state index in [1.807, 2.05) is 49.5 Å². The highest BCUT2D eigenvalue weighted by Gasteiger charge is 2.11. The van der Waals surface area contributed by atoms with E-state index in [2.05, 4.69) is 27.5 Å². The van der Waals surface area contributed by atoms with Crippen molar-refractivity contribution in [2.75, 3.05) is 34.3 Å². The predicted octanol–water partition coefficient (Wildman–Crippen LogP) is 3.02. The average Bonchev–Trinajstić information content (AvgIpc) is 3.02. The first-order valence-electron chi connectivity index (χ1n) is 8.32. The van der Waals surface area contributed by atoms with E-state index in [0.29, 0.717) is 11.5 Å². The Balaban J connectivity index is 1.82. The van der Waals surface area contributed by atoms with E-state index in [0.717, 1.165) is 42.0 Å². The standard InChI is InChI=1S/C19H24N4O2/c1-20-10-11-23(2)13-17-15-12-14(8-9-16(15)21-22-17)25-19-7-5-4-6-18(19)24-3/h4-9,12,20H,10-11,13H2,1-3H3,(H,21,22). The Morgan fingerprint density at radius 2 is 1.96 bits per heavy atom. The van der Waals surface area contributed by atoms with Crippen molar-refractivity contribution in [3.63, 3.8) is 0 Å². The molecular formula is C19H24N4O2. The molecule has 0 spiro atoms. The van der Waals surface area contributed by atoms with Gasteiger partial charge in [0.05, 0.1) is 18.3 Å². The summed E-state index contributed by atoms with van der Waals surface area (Å²) in [6, 6.07) is 13.6. The van der Waals surface area contributed by atoms with E-state index in [1.54, 1.807) is 7.11 Å². The first kappa shape index (κ1) is 17.3. The number of likely N-dealkylation sites (N-methyl/N-ethyl adjacent to an activating group) is 2. The maximum atomic E-state index is 6.01. The lowest BCUT2D eigenvalue weighted by atomic mass is 10.2. The molecule has 3 rings (SSSR count). The number of H-pyrrole nitrogens is 1. The Hall–Kier alpha value is -2.57. The minimum absolute atomic E-state index is 0.695. The van der Waals surface area contributed by atoms with Crippen molar-refractivity contribution >= 4 is 10.9 Å². The lowest BCUT2D eigenvalue weighted by Crippen LogP contribution is -2.27. The summed E-state index contributed by atoms with van der Waals surface area (Å²) in [5.74, 6) is 2.17. The van der Waals surface area contributed by atoms with Crippen LogP contribution in [-0.2, 0) is 6.54 Å². The van der Waals surface area contributed by atoms with Crippen LogP contribution in [0.15, 0.2) is 42.5 Å². The highest BCUT2D eigenvalue weighted by atomic mass is 16.5. The molecule has 1 heterocycles. The number of aromatic amines is 1. The largest absolute Gasteiger partial charge is 0.493 e. The number of hydrogen-bond donors (Lipinski definition) is 2. The van der Waals surface area contributed by atoms with Crippen molar-refractivity contribution in [3.8, 4) is 17.2 Å². The zero-order valence-electron chi connectivity index (χ0n) is 14.9. The molecule has 0 amide bonds. The molecular weight excluding hydrogens is 316 g/mol. The molecule has 0 unspecified atom stereocenters. The minimum atomic E-state index is 0.695. The quantitative estimate of drug-likeness (QED) is 0.660. The molecule has 6 heteroatoms. The Kier molecular flexibility index (Phi) is 5.53. The average molecular weight is 340 g/mol. The summed E-state index contributed by atoms with van der Waals surface area (Å²) < 4.78 is 11.4. The van der Waals surface area contributed by atoms with Crippen LogP contribution in [0.2, 0.25) is 0 Å². The number of methoxy groups -OCH3 is 1. The molecule has 3 aromatic rings. The van der Waals surface area contributed by atoms with Crippen LogP contribution in [0.4, 0.5) is 0 Å². The van der Waals surface area contributed by atoms with Gasteiger partial charge in [-0.15, -0.1) is 0 Å². The smallest absolute Gasteiger partial charge is 0.169 e. The highest BCUT2D eigenvalue weighted by Crippen LogP contribution is 2.32. The summed E-state index contributed by atoms with van der Waals surface area (Å²) in [5.41, 5.74) is 2.02. The number of hydrogen-bond acceptors (Lipinski definition) is 5. The van der Waals surface area contributed by atoms with E-state index in [9.17, 15) is 0 Å². The third-order valence-electron chi connectivity index (χ3n) is 4.07. The Morgan fingerprint density at radius 3 is 2.72 bits per heavy atom. The summed E-state index contributed by atoms with van der Waals surface area (Å²) in [6.07, 6.45) is 0. The number of nitrogens with zero attached hydrogens (tertiary/aromatic N) is 2. The number of fused-ring (bicyclic) bond motifs is 1. The van der Waals surface area contributed by atoms with Gasteiger partial charge in [0.25, 0.3) is 0 Å². The fraction of sp³-hybridized carbons (Fsp3) is 0.316. The van der Waals surface area contributed by atoms with Gasteiger partial charge in [0.15, 0.2) is 11.5 Å². The molecule has 6 nitrogen and oxygen atoms in total. The number of ether oxygens (including phenoxy) is 2.